The largest absolute Gasteiger partial charge is 0.416 e. The standard InChI is InChI=1S/C9H6O3/c10-6-9(12-7-11)8-4-2-1-3-5-8/h1-5,7H. The monoisotopic (exact) mass is 162 g/mol. The van der Waals surface area contributed by atoms with E-state index in [-0.39, 0.29) is 12.2 Å². The van der Waals surface area contributed by atoms with Crippen LogP contribution in [0.25, 0.3) is 5.76 Å². The average molecular weight is 162 g/mol. The van der Waals surface area contributed by atoms with Crippen LogP contribution in [-0.2, 0) is 14.3 Å². The Bertz CT molecular complexity index is 310. The lowest BCUT2D eigenvalue weighted by Crippen LogP contribution is -1.89. The Morgan fingerprint density at radius 2 is 2.00 bits per heavy atom. The number of hydrogen-bond acceptors (Lipinski definition) is 3. The summed E-state index contributed by atoms with van der Waals surface area (Å²) >= 11 is 0. The highest BCUT2D eigenvalue weighted by Crippen LogP contribution is 2.10. The first-order valence-electron chi connectivity index (χ1n) is 3.29. The van der Waals surface area contributed by atoms with E-state index in [9.17, 15) is 9.59 Å². The van der Waals surface area contributed by atoms with Crippen molar-refractivity contribution in [2.24, 2.45) is 0 Å². The summed E-state index contributed by atoms with van der Waals surface area (Å²) in [5.74, 6) is 1.44. The molecule has 0 fully saturated rings. The lowest BCUT2D eigenvalue weighted by molar-refractivity contribution is -0.122. The van der Waals surface area contributed by atoms with E-state index in [2.05, 4.69) is 4.74 Å². The molecule has 0 unspecified atom stereocenters. The van der Waals surface area contributed by atoms with Gasteiger partial charge in [0.15, 0.2) is 5.94 Å². The Hall–Kier alpha value is -1.86. The smallest absolute Gasteiger partial charge is 0.299 e. The Morgan fingerprint density at radius 3 is 2.50 bits per heavy atom. The summed E-state index contributed by atoms with van der Waals surface area (Å²) < 4.78 is 4.39. The van der Waals surface area contributed by atoms with Crippen molar-refractivity contribution in [2.75, 3.05) is 0 Å². The van der Waals surface area contributed by atoms with E-state index in [4.69, 9.17) is 0 Å². The van der Waals surface area contributed by atoms with Crippen molar-refractivity contribution in [1.29, 1.82) is 0 Å². The Labute approximate surface area is 69.3 Å². The molecule has 0 atom stereocenters. The molecule has 0 bridgehead atoms. The molecule has 0 aliphatic carbocycles. The van der Waals surface area contributed by atoms with Crippen LogP contribution in [0.2, 0.25) is 0 Å². The molecule has 0 aromatic heterocycles. The summed E-state index contributed by atoms with van der Waals surface area (Å²) in [7, 11) is 0. The van der Waals surface area contributed by atoms with Crippen molar-refractivity contribution in [3.8, 4) is 0 Å². The zero-order valence-corrected chi connectivity index (χ0v) is 6.19. The fourth-order valence-corrected chi connectivity index (χ4v) is 0.789. The normalized spacial score (nSPS) is 8.33. The minimum Gasteiger partial charge on any atom is -0.416 e. The van der Waals surface area contributed by atoms with Crippen molar-refractivity contribution in [1.82, 2.24) is 0 Å². The van der Waals surface area contributed by atoms with Gasteiger partial charge in [-0.15, -0.1) is 0 Å². The maximum absolute atomic E-state index is 10.2. The second-order valence-corrected chi connectivity index (χ2v) is 2.01. The van der Waals surface area contributed by atoms with E-state index in [0.29, 0.717) is 5.56 Å². The highest BCUT2D eigenvalue weighted by atomic mass is 16.5. The zero-order chi connectivity index (χ0) is 8.81. The molecule has 3 heteroatoms. The quantitative estimate of drug-likeness (QED) is 0.379. The van der Waals surface area contributed by atoms with Crippen LogP contribution >= 0.6 is 0 Å². The van der Waals surface area contributed by atoms with Gasteiger partial charge in [0.05, 0.1) is 0 Å². The highest BCUT2D eigenvalue weighted by Gasteiger charge is 2.00. The number of ether oxygens (including phenoxy) is 1. The maximum atomic E-state index is 10.2. The Balaban J connectivity index is 2.96. The van der Waals surface area contributed by atoms with Gasteiger partial charge >= 0.3 is 0 Å². The third-order valence-corrected chi connectivity index (χ3v) is 1.29. The molecular weight excluding hydrogens is 156 g/mol. The number of carbonyl (C=O) groups excluding carboxylic acids is 2. The number of hydrogen-bond donors (Lipinski definition) is 0. The van der Waals surface area contributed by atoms with E-state index in [1.54, 1.807) is 30.3 Å². The maximum Gasteiger partial charge on any atom is 0.299 e. The minimum atomic E-state index is -0.0920. The van der Waals surface area contributed by atoms with Crippen LogP contribution in [0, 0.1) is 0 Å². The molecule has 0 aliphatic heterocycles. The summed E-state index contributed by atoms with van der Waals surface area (Å²) in [6.45, 7) is 0.202. The molecule has 0 saturated heterocycles. The Morgan fingerprint density at radius 1 is 1.33 bits per heavy atom. The lowest BCUT2D eigenvalue weighted by Gasteiger charge is -1.97. The van der Waals surface area contributed by atoms with Crippen LogP contribution < -0.4 is 0 Å². The van der Waals surface area contributed by atoms with Crippen LogP contribution in [-0.4, -0.2) is 12.4 Å². The highest BCUT2D eigenvalue weighted by molar-refractivity contribution is 5.85. The summed E-state index contributed by atoms with van der Waals surface area (Å²) in [5, 5.41) is 0. The van der Waals surface area contributed by atoms with Gasteiger partial charge in [0.2, 0.25) is 5.76 Å². The van der Waals surface area contributed by atoms with Crippen molar-refractivity contribution >= 4 is 18.2 Å². The molecule has 12 heavy (non-hydrogen) atoms. The van der Waals surface area contributed by atoms with Crippen LogP contribution in [0.4, 0.5) is 0 Å². The Kier molecular flexibility index (Phi) is 2.82. The predicted molar refractivity (Wildman–Crippen MR) is 42.7 cm³/mol. The second kappa shape index (κ2) is 4.11. The van der Waals surface area contributed by atoms with Gasteiger partial charge in [0.25, 0.3) is 6.47 Å². The van der Waals surface area contributed by atoms with E-state index in [1.165, 1.54) is 5.94 Å². The van der Waals surface area contributed by atoms with Crippen molar-refractivity contribution < 1.29 is 14.3 Å². The van der Waals surface area contributed by atoms with E-state index < -0.39 is 0 Å². The lowest BCUT2D eigenvalue weighted by atomic mass is 10.2. The van der Waals surface area contributed by atoms with Crippen LogP contribution in [0.3, 0.4) is 0 Å². The fraction of sp³-hybridized carbons (Fsp3) is 0. The molecule has 0 saturated carbocycles. The molecule has 0 heterocycles. The van der Waals surface area contributed by atoms with Crippen molar-refractivity contribution in [3.05, 3.63) is 35.9 Å². The zero-order valence-electron chi connectivity index (χ0n) is 6.19. The predicted octanol–water partition coefficient (Wildman–Crippen LogP) is 1.03. The first-order chi connectivity index (χ1) is 5.88. The molecule has 0 aliphatic rings. The minimum absolute atomic E-state index is 0.0920. The summed E-state index contributed by atoms with van der Waals surface area (Å²) in [6, 6.07) is 8.59. The summed E-state index contributed by atoms with van der Waals surface area (Å²) in [5.41, 5.74) is 0.541. The molecule has 0 spiro atoms. The van der Waals surface area contributed by atoms with Crippen LogP contribution in [0.15, 0.2) is 30.3 Å². The molecule has 3 nitrogen and oxygen atoms in total. The van der Waals surface area contributed by atoms with Crippen LogP contribution in [0.5, 0.6) is 0 Å². The van der Waals surface area contributed by atoms with Gasteiger partial charge in [0.1, 0.15) is 0 Å². The molecule has 0 radical (unpaired) electrons. The topological polar surface area (TPSA) is 43.4 Å². The molecule has 0 N–H and O–H groups in total. The van der Waals surface area contributed by atoms with Crippen molar-refractivity contribution in [2.45, 2.75) is 0 Å². The van der Waals surface area contributed by atoms with Gasteiger partial charge in [-0.3, -0.25) is 4.79 Å². The van der Waals surface area contributed by atoms with E-state index in [1.807, 2.05) is 0 Å². The third-order valence-electron chi connectivity index (χ3n) is 1.29. The molecule has 60 valence electrons. The number of benzene rings is 1. The van der Waals surface area contributed by atoms with Gasteiger partial charge in [-0.05, 0) is 0 Å². The molecular formula is C9H6O3. The summed E-state index contributed by atoms with van der Waals surface area (Å²) in [4.78, 5) is 20.2. The second-order valence-electron chi connectivity index (χ2n) is 2.01. The van der Waals surface area contributed by atoms with Crippen LogP contribution in [0.1, 0.15) is 5.56 Å². The van der Waals surface area contributed by atoms with Gasteiger partial charge in [0, 0.05) is 5.56 Å². The van der Waals surface area contributed by atoms with Gasteiger partial charge in [-0.1, -0.05) is 30.3 Å². The SMILES string of the molecule is O=C=C(OC=O)c1ccccc1. The molecule has 1 aromatic rings. The van der Waals surface area contributed by atoms with Gasteiger partial charge < -0.3 is 4.74 Å². The first-order valence-corrected chi connectivity index (χ1v) is 3.29. The van der Waals surface area contributed by atoms with Gasteiger partial charge in [-0.25, -0.2) is 4.79 Å². The third kappa shape index (κ3) is 1.81. The van der Waals surface area contributed by atoms with Gasteiger partial charge in [-0.2, -0.15) is 0 Å². The van der Waals surface area contributed by atoms with Crippen molar-refractivity contribution in [3.63, 3.8) is 0 Å². The van der Waals surface area contributed by atoms with E-state index in [0.717, 1.165) is 0 Å². The molecule has 1 rings (SSSR count). The average Bonchev–Trinajstić information content (AvgIpc) is 2.15. The molecule has 0 amide bonds. The fourth-order valence-electron chi connectivity index (χ4n) is 0.789. The first kappa shape index (κ1) is 8.24. The summed E-state index contributed by atoms with van der Waals surface area (Å²) in [6.07, 6.45) is 0. The number of carbonyl (C=O) groups is 1. The number of rotatable bonds is 3. The van der Waals surface area contributed by atoms with E-state index >= 15 is 0 Å². The molecule has 1 aromatic carbocycles.